The molecule has 2 N–H and O–H groups in total. The maximum Gasteiger partial charge on any atom is 0.124 e. The molecular formula is C13H18FNS. The van der Waals surface area contributed by atoms with Crippen molar-refractivity contribution >= 4 is 11.8 Å². The van der Waals surface area contributed by atoms with Gasteiger partial charge in [-0.2, -0.15) is 11.8 Å². The van der Waals surface area contributed by atoms with Crippen LogP contribution in [0.3, 0.4) is 0 Å². The molecule has 0 bridgehead atoms. The van der Waals surface area contributed by atoms with Crippen LogP contribution in [0.4, 0.5) is 4.39 Å². The van der Waals surface area contributed by atoms with Crippen LogP contribution in [-0.2, 0) is 13.0 Å². The normalized spacial score (nSPS) is 25.6. The minimum Gasteiger partial charge on any atom is -0.326 e. The lowest BCUT2D eigenvalue weighted by Gasteiger charge is -2.29. The van der Waals surface area contributed by atoms with Crippen LogP contribution in [0.5, 0.6) is 0 Å². The molecule has 3 heteroatoms. The lowest BCUT2D eigenvalue weighted by Crippen LogP contribution is -2.32. The van der Waals surface area contributed by atoms with Crippen molar-refractivity contribution in [3.8, 4) is 0 Å². The summed E-state index contributed by atoms with van der Waals surface area (Å²) in [5.41, 5.74) is 6.75. The van der Waals surface area contributed by atoms with E-state index in [0.717, 1.165) is 23.3 Å². The summed E-state index contributed by atoms with van der Waals surface area (Å²) in [6.07, 6.45) is 2.23. The highest BCUT2D eigenvalue weighted by Crippen LogP contribution is 2.33. The number of halogens is 1. The quantitative estimate of drug-likeness (QED) is 0.877. The second-order valence-corrected chi connectivity index (χ2v) is 5.61. The van der Waals surface area contributed by atoms with Crippen LogP contribution in [0.15, 0.2) is 24.3 Å². The fourth-order valence-electron chi connectivity index (χ4n) is 2.19. The summed E-state index contributed by atoms with van der Waals surface area (Å²) in [7, 11) is 0. The minimum atomic E-state index is -1.00. The molecule has 0 spiro atoms. The van der Waals surface area contributed by atoms with Gasteiger partial charge in [-0.05, 0) is 29.7 Å². The van der Waals surface area contributed by atoms with Gasteiger partial charge in [0, 0.05) is 18.7 Å². The lowest BCUT2D eigenvalue weighted by atomic mass is 9.92. The largest absolute Gasteiger partial charge is 0.326 e. The summed E-state index contributed by atoms with van der Waals surface area (Å²) in [6, 6.07) is 7.99. The van der Waals surface area contributed by atoms with Crippen molar-refractivity contribution in [2.75, 3.05) is 11.5 Å². The van der Waals surface area contributed by atoms with E-state index in [2.05, 4.69) is 0 Å². The smallest absolute Gasteiger partial charge is 0.124 e. The Morgan fingerprint density at radius 2 is 2.19 bits per heavy atom. The van der Waals surface area contributed by atoms with Crippen LogP contribution in [0, 0.1) is 0 Å². The summed E-state index contributed by atoms with van der Waals surface area (Å²) in [4.78, 5) is 0. The lowest BCUT2D eigenvalue weighted by molar-refractivity contribution is 0.176. The Balaban J connectivity index is 2.07. The van der Waals surface area contributed by atoms with E-state index in [1.807, 2.05) is 24.3 Å². The molecule has 1 aliphatic heterocycles. The average Bonchev–Trinajstić information content (AvgIpc) is 2.29. The van der Waals surface area contributed by atoms with E-state index in [9.17, 15) is 4.39 Å². The van der Waals surface area contributed by atoms with Crippen molar-refractivity contribution in [1.82, 2.24) is 0 Å². The highest BCUT2D eigenvalue weighted by atomic mass is 32.2. The molecular weight excluding hydrogens is 221 g/mol. The molecule has 1 aliphatic rings. The van der Waals surface area contributed by atoms with Gasteiger partial charge in [0.05, 0.1) is 0 Å². The second-order valence-electron chi connectivity index (χ2n) is 4.51. The molecule has 16 heavy (non-hydrogen) atoms. The fraction of sp³-hybridized carbons (Fsp3) is 0.538. The third-order valence-corrected chi connectivity index (χ3v) is 4.32. The van der Waals surface area contributed by atoms with Crippen LogP contribution >= 0.6 is 11.8 Å². The Bertz CT molecular complexity index is 348. The number of benzene rings is 1. The Morgan fingerprint density at radius 1 is 1.38 bits per heavy atom. The number of rotatable bonds is 3. The molecule has 0 saturated carbocycles. The molecule has 0 aliphatic carbocycles. The summed E-state index contributed by atoms with van der Waals surface area (Å²) < 4.78 is 14.4. The van der Waals surface area contributed by atoms with Crippen molar-refractivity contribution in [3.05, 3.63) is 35.4 Å². The summed E-state index contributed by atoms with van der Waals surface area (Å²) in [5, 5.41) is 0. The van der Waals surface area contributed by atoms with Gasteiger partial charge < -0.3 is 5.73 Å². The van der Waals surface area contributed by atoms with Gasteiger partial charge in [-0.25, -0.2) is 4.39 Å². The molecule has 1 nitrogen and oxygen atoms in total. The van der Waals surface area contributed by atoms with Crippen LogP contribution < -0.4 is 5.73 Å². The van der Waals surface area contributed by atoms with Crippen LogP contribution in [-0.4, -0.2) is 17.2 Å². The molecule has 88 valence electrons. The number of alkyl halides is 1. The van der Waals surface area contributed by atoms with Gasteiger partial charge >= 0.3 is 0 Å². The topological polar surface area (TPSA) is 26.0 Å². The molecule has 1 unspecified atom stereocenters. The predicted molar refractivity (Wildman–Crippen MR) is 68.4 cm³/mol. The average molecular weight is 239 g/mol. The fourth-order valence-corrected chi connectivity index (χ4v) is 3.30. The zero-order valence-corrected chi connectivity index (χ0v) is 10.2. The monoisotopic (exact) mass is 239 g/mol. The van der Waals surface area contributed by atoms with Crippen molar-refractivity contribution in [2.45, 2.75) is 31.5 Å². The van der Waals surface area contributed by atoms with Gasteiger partial charge in [-0.15, -0.1) is 0 Å². The number of hydrogen-bond acceptors (Lipinski definition) is 2. The highest BCUT2D eigenvalue weighted by molar-refractivity contribution is 7.99. The number of hydrogen-bond donors (Lipinski definition) is 1. The number of thioether (sulfide) groups is 1. The second kappa shape index (κ2) is 5.19. The first kappa shape index (κ1) is 11.9. The van der Waals surface area contributed by atoms with Gasteiger partial charge in [-0.3, -0.25) is 0 Å². The Kier molecular flexibility index (Phi) is 3.87. The standard InChI is InChI=1S/C13H18FNS/c14-13(5-2-6-16-10-13)8-11-3-1-4-12(7-11)9-15/h1,3-4,7H,2,5-6,8-10,15H2. The molecule has 1 aromatic rings. The van der Waals surface area contributed by atoms with E-state index < -0.39 is 5.67 Å². The van der Waals surface area contributed by atoms with Crippen LogP contribution in [0.1, 0.15) is 24.0 Å². The maximum atomic E-state index is 14.4. The first-order chi connectivity index (χ1) is 7.72. The predicted octanol–water partition coefficient (Wildman–Crippen LogP) is 2.92. The van der Waals surface area contributed by atoms with Crippen LogP contribution in [0.2, 0.25) is 0 Å². The van der Waals surface area contributed by atoms with E-state index in [4.69, 9.17) is 5.73 Å². The SMILES string of the molecule is NCc1cccc(CC2(F)CCCSC2)c1. The zero-order chi connectivity index (χ0) is 11.4. The molecule has 1 fully saturated rings. The summed E-state index contributed by atoms with van der Waals surface area (Å²) in [6.45, 7) is 0.530. The molecule has 2 rings (SSSR count). The van der Waals surface area contributed by atoms with Crippen molar-refractivity contribution in [3.63, 3.8) is 0 Å². The van der Waals surface area contributed by atoms with Gasteiger partial charge in [0.15, 0.2) is 0 Å². The van der Waals surface area contributed by atoms with Crippen LogP contribution in [0.25, 0.3) is 0 Å². The molecule has 1 heterocycles. The van der Waals surface area contributed by atoms with Gasteiger partial charge in [-0.1, -0.05) is 24.3 Å². The minimum absolute atomic E-state index is 0.530. The van der Waals surface area contributed by atoms with E-state index in [1.54, 1.807) is 11.8 Å². The molecule has 1 aromatic carbocycles. The first-order valence-electron chi connectivity index (χ1n) is 5.76. The Morgan fingerprint density at radius 3 is 2.88 bits per heavy atom. The highest BCUT2D eigenvalue weighted by Gasteiger charge is 2.32. The van der Waals surface area contributed by atoms with Crippen molar-refractivity contribution in [2.24, 2.45) is 5.73 Å². The van der Waals surface area contributed by atoms with E-state index in [0.29, 0.717) is 25.1 Å². The van der Waals surface area contributed by atoms with Gasteiger partial charge in [0.2, 0.25) is 0 Å². The Hall–Kier alpha value is -0.540. The number of nitrogens with two attached hydrogens (primary N) is 1. The molecule has 0 radical (unpaired) electrons. The molecule has 0 aromatic heterocycles. The Labute approximate surface area is 101 Å². The third-order valence-electron chi connectivity index (χ3n) is 3.02. The van der Waals surface area contributed by atoms with Gasteiger partial charge in [0.1, 0.15) is 5.67 Å². The van der Waals surface area contributed by atoms with E-state index >= 15 is 0 Å². The molecule has 1 saturated heterocycles. The molecule has 0 amide bonds. The van der Waals surface area contributed by atoms with E-state index in [-0.39, 0.29) is 0 Å². The van der Waals surface area contributed by atoms with Crippen molar-refractivity contribution < 1.29 is 4.39 Å². The maximum absolute atomic E-state index is 14.4. The first-order valence-corrected chi connectivity index (χ1v) is 6.92. The molecule has 1 atom stereocenters. The van der Waals surface area contributed by atoms with Crippen molar-refractivity contribution in [1.29, 1.82) is 0 Å². The third kappa shape index (κ3) is 2.98. The summed E-state index contributed by atoms with van der Waals surface area (Å²) >= 11 is 1.73. The van der Waals surface area contributed by atoms with E-state index in [1.165, 1.54) is 0 Å². The zero-order valence-electron chi connectivity index (χ0n) is 9.42. The van der Waals surface area contributed by atoms with Gasteiger partial charge in [0.25, 0.3) is 0 Å². The summed E-state index contributed by atoms with van der Waals surface area (Å²) in [5.74, 6) is 1.74.